The van der Waals surface area contributed by atoms with Crippen molar-refractivity contribution in [3.8, 4) is 11.7 Å². The van der Waals surface area contributed by atoms with Gasteiger partial charge in [0.2, 0.25) is 17.8 Å². The third-order valence-electron chi connectivity index (χ3n) is 5.81. The van der Waals surface area contributed by atoms with Gasteiger partial charge in [-0.2, -0.15) is 15.0 Å². The molecule has 2 aromatic heterocycles. The number of anilines is 2. The van der Waals surface area contributed by atoms with Crippen LogP contribution >= 0.6 is 0 Å². The maximum Gasteiger partial charge on any atom is 0.242 e. The molecule has 4 heterocycles. The van der Waals surface area contributed by atoms with E-state index in [-0.39, 0.29) is 0 Å². The maximum absolute atomic E-state index is 5.95. The molecule has 0 saturated carbocycles. The summed E-state index contributed by atoms with van der Waals surface area (Å²) >= 11 is 0. The van der Waals surface area contributed by atoms with Gasteiger partial charge in [0.25, 0.3) is 0 Å². The monoisotopic (exact) mass is 454 g/mol. The highest BCUT2D eigenvalue weighted by Gasteiger charge is 2.23. The fourth-order valence-electron chi connectivity index (χ4n) is 4.08. The third-order valence-corrected chi connectivity index (χ3v) is 5.81. The average Bonchev–Trinajstić information content (AvgIpc) is 3.21. The fourth-order valence-corrected chi connectivity index (χ4v) is 4.08. The van der Waals surface area contributed by atoms with Crippen LogP contribution < -0.4 is 20.3 Å². The van der Waals surface area contributed by atoms with Crippen LogP contribution in [0.5, 0.6) is 5.75 Å². The van der Waals surface area contributed by atoms with Crippen LogP contribution in [0.4, 0.5) is 11.9 Å². The maximum atomic E-state index is 5.95. The number of rotatable bonds is 7. The zero-order valence-electron chi connectivity index (χ0n) is 18.9. The number of nitrogens with two attached hydrogens (primary N) is 1. The largest absolute Gasteiger partial charge is 0.491 e. The number of hydrogen-bond donors (Lipinski definition) is 1. The molecule has 33 heavy (non-hydrogen) atoms. The highest BCUT2D eigenvalue weighted by Crippen LogP contribution is 2.29. The molecule has 0 atom stereocenters. The zero-order chi connectivity index (χ0) is 22.6. The zero-order valence-corrected chi connectivity index (χ0v) is 18.9. The molecule has 0 spiro atoms. The van der Waals surface area contributed by atoms with Crippen LogP contribution in [-0.2, 0) is 9.47 Å². The molecule has 0 radical (unpaired) electrons. The van der Waals surface area contributed by atoms with E-state index in [0.717, 1.165) is 55.2 Å². The number of aryl methyl sites for hydroxylation is 1. The van der Waals surface area contributed by atoms with Crippen LogP contribution in [0, 0.1) is 6.92 Å². The Labute approximate surface area is 192 Å². The number of fused-ring (bicyclic) bond motifs is 1. The first-order valence-corrected chi connectivity index (χ1v) is 11.5. The number of aromatic nitrogens is 5. The fraction of sp³-hybridized carbons (Fsp3) is 0.545. The Morgan fingerprint density at radius 2 is 1.48 bits per heavy atom. The Balaban J connectivity index is 1.58. The normalized spacial score (nSPS) is 17.0. The molecule has 11 heteroatoms. The second kappa shape index (κ2) is 9.86. The summed E-state index contributed by atoms with van der Waals surface area (Å²) in [5, 5.41) is 0. The van der Waals surface area contributed by atoms with Gasteiger partial charge in [0.1, 0.15) is 17.1 Å². The number of benzene rings is 1. The summed E-state index contributed by atoms with van der Waals surface area (Å²) in [5.41, 5.74) is 7.29. The lowest BCUT2D eigenvalue weighted by atomic mass is 10.3. The summed E-state index contributed by atoms with van der Waals surface area (Å²) in [4.78, 5) is 23.6. The second-order valence-corrected chi connectivity index (χ2v) is 8.04. The number of morpholine rings is 2. The lowest BCUT2D eigenvalue weighted by molar-refractivity contribution is 0.121. The molecule has 3 aromatic rings. The average molecular weight is 455 g/mol. The molecule has 0 amide bonds. The minimum absolute atomic E-state index is 0.548. The highest BCUT2D eigenvalue weighted by atomic mass is 16.5. The van der Waals surface area contributed by atoms with E-state index in [4.69, 9.17) is 39.9 Å². The molecular weight excluding hydrogens is 424 g/mol. The van der Waals surface area contributed by atoms with E-state index in [1.807, 2.05) is 29.7 Å². The molecule has 0 aliphatic carbocycles. The molecule has 176 valence electrons. The van der Waals surface area contributed by atoms with Gasteiger partial charge >= 0.3 is 0 Å². The Morgan fingerprint density at radius 3 is 2.09 bits per heavy atom. The van der Waals surface area contributed by atoms with E-state index in [0.29, 0.717) is 57.4 Å². The van der Waals surface area contributed by atoms with E-state index < -0.39 is 0 Å². The van der Waals surface area contributed by atoms with Crippen molar-refractivity contribution in [2.45, 2.75) is 13.3 Å². The minimum atomic E-state index is 0.548. The number of hydrogen-bond acceptors (Lipinski definition) is 10. The lowest BCUT2D eigenvalue weighted by Crippen LogP contribution is -2.40. The van der Waals surface area contributed by atoms with E-state index in [1.54, 1.807) is 0 Å². The van der Waals surface area contributed by atoms with Crippen molar-refractivity contribution in [1.29, 1.82) is 0 Å². The Bertz CT molecular complexity index is 1060. The molecule has 2 aliphatic heterocycles. The summed E-state index contributed by atoms with van der Waals surface area (Å²) in [6.45, 7) is 8.70. The van der Waals surface area contributed by atoms with Crippen molar-refractivity contribution < 1.29 is 14.2 Å². The van der Waals surface area contributed by atoms with Crippen molar-refractivity contribution in [3.63, 3.8) is 0 Å². The van der Waals surface area contributed by atoms with E-state index >= 15 is 0 Å². The number of ether oxygens (including phenoxy) is 3. The van der Waals surface area contributed by atoms with Crippen molar-refractivity contribution in [3.05, 3.63) is 24.0 Å². The Kier molecular flexibility index (Phi) is 6.51. The van der Waals surface area contributed by atoms with Gasteiger partial charge < -0.3 is 29.7 Å². The van der Waals surface area contributed by atoms with Crippen molar-refractivity contribution in [1.82, 2.24) is 24.5 Å². The Hall–Kier alpha value is -3.02. The molecule has 1 aromatic carbocycles. The second-order valence-electron chi connectivity index (χ2n) is 8.04. The number of imidazole rings is 1. The van der Waals surface area contributed by atoms with Crippen LogP contribution in [0.2, 0.25) is 0 Å². The van der Waals surface area contributed by atoms with Crippen LogP contribution in [-0.4, -0.2) is 90.3 Å². The number of para-hydroxylation sites is 1. The van der Waals surface area contributed by atoms with E-state index in [2.05, 4.69) is 9.80 Å². The van der Waals surface area contributed by atoms with Gasteiger partial charge in [-0.3, -0.25) is 4.57 Å². The smallest absolute Gasteiger partial charge is 0.242 e. The first kappa shape index (κ1) is 21.8. The molecule has 2 aliphatic rings. The summed E-state index contributed by atoms with van der Waals surface area (Å²) < 4.78 is 19.0. The molecule has 11 nitrogen and oxygen atoms in total. The van der Waals surface area contributed by atoms with Gasteiger partial charge in [0.05, 0.1) is 38.6 Å². The van der Waals surface area contributed by atoms with Crippen LogP contribution in [0.1, 0.15) is 12.2 Å². The Morgan fingerprint density at radius 1 is 0.879 bits per heavy atom. The molecule has 0 bridgehead atoms. The molecule has 0 unspecified atom stereocenters. The summed E-state index contributed by atoms with van der Waals surface area (Å²) in [6.07, 6.45) is 0.787. The first-order chi connectivity index (χ1) is 16.2. The minimum Gasteiger partial charge on any atom is -0.491 e. The predicted molar refractivity (Wildman–Crippen MR) is 124 cm³/mol. The SMILES string of the molecule is Cc1nc2c(OCCCN)cccc2n1-c1nc(N2CCOCC2)nc(N2CCOCC2)n1. The van der Waals surface area contributed by atoms with Crippen molar-refractivity contribution >= 4 is 22.9 Å². The topological polar surface area (TPSA) is 117 Å². The quantitative estimate of drug-likeness (QED) is 0.517. The van der Waals surface area contributed by atoms with E-state index in [9.17, 15) is 0 Å². The highest BCUT2D eigenvalue weighted by molar-refractivity contribution is 5.83. The lowest BCUT2D eigenvalue weighted by Gasteiger charge is -2.30. The van der Waals surface area contributed by atoms with Gasteiger partial charge in [0.15, 0.2) is 0 Å². The van der Waals surface area contributed by atoms with E-state index in [1.165, 1.54) is 0 Å². The molecule has 2 saturated heterocycles. The van der Waals surface area contributed by atoms with Crippen LogP contribution in [0.15, 0.2) is 18.2 Å². The van der Waals surface area contributed by atoms with Crippen molar-refractivity contribution in [2.75, 3.05) is 75.6 Å². The van der Waals surface area contributed by atoms with Crippen LogP contribution in [0.25, 0.3) is 17.0 Å². The third kappa shape index (κ3) is 4.56. The van der Waals surface area contributed by atoms with Gasteiger partial charge in [-0.1, -0.05) is 6.07 Å². The van der Waals surface area contributed by atoms with Gasteiger partial charge in [-0.15, -0.1) is 0 Å². The van der Waals surface area contributed by atoms with Gasteiger partial charge in [0, 0.05) is 26.2 Å². The molecule has 2 N–H and O–H groups in total. The summed E-state index contributed by atoms with van der Waals surface area (Å²) in [7, 11) is 0. The first-order valence-electron chi connectivity index (χ1n) is 11.5. The molecule has 2 fully saturated rings. The van der Waals surface area contributed by atoms with Gasteiger partial charge in [-0.05, 0) is 32.0 Å². The van der Waals surface area contributed by atoms with Crippen molar-refractivity contribution in [2.24, 2.45) is 5.73 Å². The molecular formula is C22H30N8O3. The summed E-state index contributed by atoms with van der Waals surface area (Å²) in [6, 6.07) is 5.91. The predicted octanol–water partition coefficient (Wildman–Crippen LogP) is 0.920. The summed E-state index contributed by atoms with van der Waals surface area (Å²) in [5.74, 6) is 3.38. The number of nitrogens with zero attached hydrogens (tertiary/aromatic N) is 7. The van der Waals surface area contributed by atoms with Gasteiger partial charge in [-0.25, -0.2) is 4.98 Å². The molecule has 5 rings (SSSR count). The standard InChI is InChI=1S/C22H30N8O3/c1-16-24-19-17(4-2-5-18(19)33-11-3-6-23)30(16)22-26-20(28-7-12-31-13-8-28)25-21(27-22)29-9-14-32-15-10-29/h2,4-5H,3,6-15,23H2,1H3. The van der Waals surface area contributed by atoms with Crippen LogP contribution in [0.3, 0.4) is 0 Å².